The Morgan fingerprint density at radius 2 is 1.82 bits per heavy atom. The number of piperazine rings is 1. The SMILES string of the molecule is CC(NC(=O)CCN1CCN(C)CC1)NC(C)C(=O)c1ccc2c(c1)OCO2. The standard InChI is InChI=1S/C20H30N4O4/c1-14(20(26)16-4-5-17-18(12-16)28-13-27-17)21-15(2)22-19(25)6-7-24-10-8-23(3)9-11-24/h4-5,12,14-15,21H,6-11,13H2,1-3H3,(H,22,25). The fraction of sp³-hybridized carbons (Fsp3) is 0.600. The largest absolute Gasteiger partial charge is 0.454 e. The second-order valence-corrected chi connectivity index (χ2v) is 7.50. The number of nitrogens with one attached hydrogen (secondary N) is 2. The van der Waals surface area contributed by atoms with Crippen molar-refractivity contribution in [3.63, 3.8) is 0 Å². The molecule has 2 aliphatic heterocycles. The van der Waals surface area contributed by atoms with Gasteiger partial charge in [-0.05, 0) is 39.1 Å². The highest BCUT2D eigenvalue weighted by atomic mass is 16.7. The second-order valence-electron chi connectivity index (χ2n) is 7.50. The number of likely N-dealkylation sites (N-methyl/N-ethyl adjacent to an activating group) is 1. The lowest BCUT2D eigenvalue weighted by atomic mass is 10.0. The molecule has 1 fully saturated rings. The summed E-state index contributed by atoms with van der Waals surface area (Å²) in [6, 6.07) is 4.73. The molecule has 2 N–H and O–H groups in total. The minimum absolute atomic E-state index is 0.0124. The molecular weight excluding hydrogens is 360 g/mol. The maximum absolute atomic E-state index is 12.6. The first-order chi connectivity index (χ1) is 13.4. The lowest BCUT2D eigenvalue weighted by molar-refractivity contribution is -0.122. The summed E-state index contributed by atoms with van der Waals surface area (Å²) < 4.78 is 10.6. The zero-order valence-corrected chi connectivity index (χ0v) is 16.9. The number of carbonyl (C=O) groups excluding carboxylic acids is 2. The van der Waals surface area contributed by atoms with Gasteiger partial charge in [-0.25, -0.2) is 0 Å². The quantitative estimate of drug-likeness (QED) is 0.499. The molecular formula is C20H30N4O4. The minimum atomic E-state index is -0.437. The topological polar surface area (TPSA) is 83.1 Å². The molecule has 2 atom stereocenters. The number of amides is 1. The van der Waals surface area contributed by atoms with E-state index in [0.717, 1.165) is 32.7 Å². The van der Waals surface area contributed by atoms with Gasteiger partial charge in [0.25, 0.3) is 0 Å². The number of Topliss-reactive ketones (excluding diaryl/α,β-unsaturated/α-hetero) is 1. The maximum atomic E-state index is 12.6. The van der Waals surface area contributed by atoms with Crippen LogP contribution in [-0.4, -0.2) is 80.3 Å². The average molecular weight is 390 g/mol. The summed E-state index contributed by atoms with van der Waals surface area (Å²) in [6.45, 7) is 8.66. The van der Waals surface area contributed by atoms with Crippen LogP contribution in [0.1, 0.15) is 30.6 Å². The van der Waals surface area contributed by atoms with Gasteiger partial charge in [0.1, 0.15) is 0 Å². The molecule has 1 aromatic carbocycles. The fourth-order valence-electron chi connectivity index (χ4n) is 3.44. The monoisotopic (exact) mass is 390 g/mol. The third-order valence-electron chi connectivity index (χ3n) is 5.18. The number of carbonyl (C=O) groups is 2. The van der Waals surface area contributed by atoms with E-state index in [2.05, 4.69) is 27.5 Å². The molecule has 0 radical (unpaired) electrons. The van der Waals surface area contributed by atoms with Gasteiger partial charge in [0.15, 0.2) is 17.3 Å². The molecule has 0 spiro atoms. The van der Waals surface area contributed by atoms with Crippen molar-refractivity contribution in [2.75, 3.05) is 46.6 Å². The average Bonchev–Trinajstić information content (AvgIpc) is 3.14. The second kappa shape index (κ2) is 9.36. The smallest absolute Gasteiger partial charge is 0.231 e. The van der Waals surface area contributed by atoms with Crippen LogP contribution in [0.4, 0.5) is 0 Å². The summed E-state index contributed by atoms with van der Waals surface area (Å²) in [5.74, 6) is 1.17. The van der Waals surface area contributed by atoms with Crippen LogP contribution in [0.5, 0.6) is 11.5 Å². The van der Waals surface area contributed by atoms with Crippen molar-refractivity contribution in [2.45, 2.75) is 32.5 Å². The van der Waals surface area contributed by atoms with Gasteiger partial charge in [-0.2, -0.15) is 0 Å². The number of benzene rings is 1. The summed E-state index contributed by atoms with van der Waals surface area (Å²) in [5, 5.41) is 6.07. The van der Waals surface area contributed by atoms with Gasteiger partial charge in [-0.1, -0.05) is 0 Å². The predicted molar refractivity (Wildman–Crippen MR) is 106 cm³/mol. The fourth-order valence-corrected chi connectivity index (χ4v) is 3.44. The Bertz CT molecular complexity index is 703. The van der Waals surface area contributed by atoms with Crippen molar-refractivity contribution >= 4 is 11.7 Å². The first-order valence-electron chi connectivity index (χ1n) is 9.82. The van der Waals surface area contributed by atoms with Crippen LogP contribution in [0.3, 0.4) is 0 Å². The summed E-state index contributed by atoms with van der Waals surface area (Å²) in [5.41, 5.74) is 0.554. The van der Waals surface area contributed by atoms with E-state index in [1.54, 1.807) is 25.1 Å². The molecule has 2 heterocycles. The van der Waals surface area contributed by atoms with Crippen LogP contribution in [0, 0.1) is 0 Å². The highest BCUT2D eigenvalue weighted by Gasteiger charge is 2.22. The zero-order valence-electron chi connectivity index (χ0n) is 16.9. The number of fused-ring (bicyclic) bond motifs is 1. The molecule has 0 aromatic heterocycles. The van der Waals surface area contributed by atoms with Crippen molar-refractivity contribution in [3.05, 3.63) is 23.8 Å². The van der Waals surface area contributed by atoms with E-state index in [1.165, 1.54) is 0 Å². The normalized spacial score (nSPS) is 19.2. The summed E-state index contributed by atoms with van der Waals surface area (Å²) >= 11 is 0. The molecule has 2 unspecified atom stereocenters. The number of hydrogen-bond acceptors (Lipinski definition) is 7. The van der Waals surface area contributed by atoms with E-state index >= 15 is 0 Å². The van der Waals surface area contributed by atoms with Gasteiger partial charge in [0, 0.05) is 44.7 Å². The molecule has 8 nitrogen and oxygen atoms in total. The van der Waals surface area contributed by atoms with E-state index in [4.69, 9.17) is 9.47 Å². The van der Waals surface area contributed by atoms with Crippen LogP contribution in [0.25, 0.3) is 0 Å². The van der Waals surface area contributed by atoms with Crippen LogP contribution < -0.4 is 20.1 Å². The van der Waals surface area contributed by atoms with Gasteiger partial charge in [0.2, 0.25) is 12.7 Å². The zero-order chi connectivity index (χ0) is 20.1. The predicted octanol–water partition coefficient (Wildman–Crippen LogP) is 0.676. The lowest BCUT2D eigenvalue weighted by Crippen LogP contribution is -2.50. The molecule has 0 bridgehead atoms. The van der Waals surface area contributed by atoms with Crippen molar-refractivity contribution < 1.29 is 19.1 Å². The Morgan fingerprint density at radius 1 is 1.11 bits per heavy atom. The molecule has 28 heavy (non-hydrogen) atoms. The number of nitrogens with zero attached hydrogens (tertiary/aromatic N) is 2. The van der Waals surface area contributed by atoms with Crippen molar-refractivity contribution in [3.8, 4) is 11.5 Å². The van der Waals surface area contributed by atoms with Crippen LogP contribution in [0.15, 0.2) is 18.2 Å². The molecule has 1 saturated heterocycles. The van der Waals surface area contributed by atoms with Crippen molar-refractivity contribution in [2.24, 2.45) is 0 Å². The molecule has 8 heteroatoms. The first kappa shape index (κ1) is 20.6. The Hall–Kier alpha value is -2.16. The first-order valence-corrected chi connectivity index (χ1v) is 9.82. The number of ketones is 1. The number of hydrogen-bond donors (Lipinski definition) is 2. The van der Waals surface area contributed by atoms with Gasteiger partial charge in [-0.15, -0.1) is 0 Å². The molecule has 1 amide bonds. The van der Waals surface area contributed by atoms with Crippen LogP contribution >= 0.6 is 0 Å². The van der Waals surface area contributed by atoms with E-state index < -0.39 is 6.04 Å². The molecule has 154 valence electrons. The summed E-state index contributed by atoms with van der Waals surface area (Å²) in [4.78, 5) is 29.5. The summed E-state index contributed by atoms with van der Waals surface area (Å²) in [7, 11) is 2.11. The molecule has 0 saturated carbocycles. The molecule has 3 rings (SSSR count). The third-order valence-corrected chi connectivity index (χ3v) is 5.18. The Balaban J connectivity index is 1.41. The third kappa shape index (κ3) is 5.43. The van der Waals surface area contributed by atoms with E-state index in [0.29, 0.717) is 23.5 Å². The molecule has 2 aliphatic rings. The highest BCUT2D eigenvalue weighted by molar-refractivity contribution is 6.00. The van der Waals surface area contributed by atoms with Gasteiger partial charge in [-0.3, -0.25) is 14.9 Å². The van der Waals surface area contributed by atoms with E-state index in [1.807, 2.05) is 6.92 Å². The van der Waals surface area contributed by atoms with E-state index in [-0.39, 0.29) is 24.6 Å². The van der Waals surface area contributed by atoms with Crippen LogP contribution in [-0.2, 0) is 4.79 Å². The van der Waals surface area contributed by atoms with Crippen molar-refractivity contribution in [1.29, 1.82) is 0 Å². The van der Waals surface area contributed by atoms with Crippen LogP contribution in [0.2, 0.25) is 0 Å². The Labute approximate surface area is 166 Å². The van der Waals surface area contributed by atoms with Gasteiger partial charge < -0.3 is 24.6 Å². The van der Waals surface area contributed by atoms with E-state index in [9.17, 15) is 9.59 Å². The number of rotatable bonds is 8. The van der Waals surface area contributed by atoms with Gasteiger partial charge >= 0.3 is 0 Å². The Morgan fingerprint density at radius 3 is 2.57 bits per heavy atom. The van der Waals surface area contributed by atoms with Gasteiger partial charge in [0.05, 0.1) is 12.2 Å². The number of ether oxygens (including phenoxy) is 2. The highest BCUT2D eigenvalue weighted by Crippen LogP contribution is 2.32. The Kier molecular flexibility index (Phi) is 6.88. The minimum Gasteiger partial charge on any atom is -0.454 e. The maximum Gasteiger partial charge on any atom is 0.231 e. The molecule has 1 aromatic rings. The van der Waals surface area contributed by atoms with Crippen molar-refractivity contribution in [1.82, 2.24) is 20.4 Å². The lowest BCUT2D eigenvalue weighted by Gasteiger charge is -2.32. The molecule has 0 aliphatic carbocycles. The summed E-state index contributed by atoms with van der Waals surface area (Å²) in [6.07, 6.45) is 0.160.